The summed E-state index contributed by atoms with van der Waals surface area (Å²) < 4.78 is 34.2. The van der Waals surface area contributed by atoms with Gasteiger partial charge in [0.15, 0.2) is 6.04 Å². The molecule has 6 nitrogen and oxygen atoms in total. The molecule has 3 aromatic carbocycles. The molecule has 0 spiro atoms. The van der Waals surface area contributed by atoms with Crippen LogP contribution in [0.15, 0.2) is 94.8 Å². The fourth-order valence-electron chi connectivity index (χ4n) is 3.58. The lowest BCUT2D eigenvalue weighted by Gasteiger charge is -2.27. The summed E-state index contributed by atoms with van der Waals surface area (Å²) in [5.41, 5.74) is 3.15. The van der Waals surface area contributed by atoms with Crippen LogP contribution in [0, 0.1) is 12.8 Å². The van der Waals surface area contributed by atoms with E-state index in [0.717, 1.165) is 16.7 Å². The maximum Gasteiger partial charge on any atom is 0.332 e. The monoisotopic (exact) mass is 478 g/mol. The molecule has 178 valence electrons. The van der Waals surface area contributed by atoms with Gasteiger partial charge in [-0.25, -0.2) is 17.9 Å². The van der Waals surface area contributed by atoms with Crippen LogP contribution in [0.3, 0.4) is 0 Å². The predicted molar refractivity (Wildman–Crippen MR) is 134 cm³/mol. The van der Waals surface area contributed by atoms with Crippen LogP contribution in [0.1, 0.15) is 30.5 Å². The quantitative estimate of drug-likeness (QED) is 0.365. The molecule has 0 aliphatic rings. The lowest BCUT2D eigenvalue weighted by atomic mass is 9.96. The molecule has 0 fully saturated rings. The maximum absolute atomic E-state index is 13.2. The number of esters is 1. The Morgan fingerprint density at radius 3 is 1.79 bits per heavy atom. The lowest BCUT2D eigenvalue weighted by molar-refractivity contribution is -0.142. The van der Waals surface area contributed by atoms with Crippen molar-refractivity contribution in [3.8, 4) is 0 Å². The minimum Gasteiger partial charge on any atom is -0.467 e. The number of nitrogens with one attached hydrogen (secondary N) is 1. The van der Waals surface area contributed by atoms with Gasteiger partial charge in [0, 0.05) is 11.1 Å². The number of benzene rings is 3. The zero-order valence-electron chi connectivity index (χ0n) is 19.8. The number of carbonyl (C=O) groups is 1. The number of hydrogen-bond donors (Lipinski definition) is 1. The van der Waals surface area contributed by atoms with Crippen molar-refractivity contribution >= 4 is 21.7 Å². The molecule has 0 unspecified atom stereocenters. The minimum absolute atomic E-state index is 0.127. The molecule has 0 saturated heterocycles. The maximum atomic E-state index is 13.2. The second-order valence-corrected chi connectivity index (χ2v) is 10.1. The summed E-state index contributed by atoms with van der Waals surface area (Å²) in [5.74, 6) is -0.865. The Bertz CT molecular complexity index is 1180. The van der Waals surface area contributed by atoms with E-state index >= 15 is 0 Å². The number of carbonyl (C=O) groups excluding carboxylic acids is 1. The summed E-state index contributed by atoms with van der Waals surface area (Å²) in [6.45, 7) is 5.58. The van der Waals surface area contributed by atoms with Gasteiger partial charge in [-0.2, -0.15) is 0 Å². The average Bonchev–Trinajstić information content (AvgIpc) is 2.84. The fourth-order valence-corrected chi connectivity index (χ4v) is 4.97. The molecule has 7 heteroatoms. The minimum atomic E-state index is -3.90. The van der Waals surface area contributed by atoms with Crippen LogP contribution in [0.4, 0.5) is 0 Å². The van der Waals surface area contributed by atoms with Gasteiger partial charge < -0.3 is 4.74 Å². The Morgan fingerprint density at radius 1 is 0.853 bits per heavy atom. The van der Waals surface area contributed by atoms with Gasteiger partial charge >= 0.3 is 5.97 Å². The van der Waals surface area contributed by atoms with Crippen LogP contribution in [0.5, 0.6) is 0 Å². The molecule has 3 rings (SSSR count). The van der Waals surface area contributed by atoms with Gasteiger partial charge in [0.25, 0.3) is 0 Å². The Morgan fingerprint density at radius 2 is 1.35 bits per heavy atom. The number of ether oxygens (including phenoxy) is 1. The van der Waals surface area contributed by atoms with Crippen molar-refractivity contribution in [3.63, 3.8) is 0 Å². The van der Waals surface area contributed by atoms with Gasteiger partial charge in [0.2, 0.25) is 10.0 Å². The Kier molecular flexibility index (Phi) is 8.36. The van der Waals surface area contributed by atoms with Gasteiger partial charge in [-0.15, -0.1) is 0 Å². The third-order valence-corrected chi connectivity index (χ3v) is 6.96. The summed E-state index contributed by atoms with van der Waals surface area (Å²) in [4.78, 5) is 17.9. The first kappa shape index (κ1) is 25.3. The van der Waals surface area contributed by atoms with Gasteiger partial charge in [-0.05, 0) is 25.0 Å². The van der Waals surface area contributed by atoms with Crippen molar-refractivity contribution in [2.45, 2.75) is 37.8 Å². The standard InChI is InChI=1S/C27H30N2O4S/c1-19(2)24(29-34(31,32)23-17-15-20(3)16-18-23)26(27(30)33-4)28-25(21-11-7-5-8-12-21)22-13-9-6-10-14-22/h5-19,24,26,29H,1-4H3/t24-,26+/m1/s1. The van der Waals surface area contributed by atoms with E-state index in [-0.39, 0.29) is 10.8 Å². The molecule has 0 aliphatic heterocycles. The Hall–Kier alpha value is -3.29. The first-order valence-corrected chi connectivity index (χ1v) is 12.6. The van der Waals surface area contributed by atoms with Crippen LogP contribution in [-0.2, 0) is 19.6 Å². The topological polar surface area (TPSA) is 84.8 Å². The van der Waals surface area contributed by atoms with E-state index in [4.69, 9.17) is 9.73 Å². The summed E-state index contributed by atoms with van der Waals surface area (Å²) in [6, 6.07) is 23.6. The lowest BCUT2D eigenvalue weighted by Crippen LogP contribution is -2.49. The highest BCUT2D eigenvalue weighted by Crippen LogP contribution is 2.20. The van der Waals surface area contributed by atoms with E-state index in [9.17, 15) is 13.2 Å². The summed E-state index contributed by atoms with van der Waals surface area (Å²) in [5, 5.41) is 0. The first-order chi connectivity index (χ1) is 16.2. The number of aliphatic imine (C=N–C) groups is 1. The zero-order chi connectivity index (χ0) is 24.7. The zero-order valence-corrected chi connectivity index (χ0v) is 20.6. The third-order valence-electron chi connectivity index (χ3n) is 5.49. The molecule has 0 heterocycles. The fraction of sp³-hybridized carbons (Fsp3) is 0.259. The molecule has 0 aromatic heterocycles. The highest BCUT2D eigenvalue weighted by atomic mass is 32.2. The smallest absolute Gasteiger partial charge is 0.332 e. The van der Waals surface area contributed by atoms with Crippen LogP contribution in [0.25, 0.3) is 0 Å². The predicted octanol–water partition coefficient (Wildman–Crippen LogP) is 4.38. The van der Waals surface area contributed by atoms with Crippen molar-refractivity contribution in [3.05, 3.63) is 102 Å². The van der Waals surface area contributed by atoms with Crippen molar-refractivity contribution in [1.29, 1.82) is 0 Å². The van der Waals surface area contributed by atoms with Crippen molar-refractivity contribution < 1.29 is 17.9 Å². The number of nitrogens with zero attached hydrogens (tertiary/aromatic N) is 1. The van der Waals surface area contributed by atoms with Crippen LogP contribution in [-0.4, -0.2) is 39.3 Å². The number of rotatable bonds is 9. The van der Waals surface area contributed by atoms with E-state index in [1.807, 2.05) is 81.4 Å². The molecule has 0 aliphatic carbocycles. The molecular weight excluding hydrogens is 448 g/mol. The van der Waals surface area contributed by atoms with Crippen molar-refractivity contribution in [2.24, 2.45) is 10.9 Å². The second kappa shape index (κ2) is 11.2. The second-order valence-electron chi connectivity index (χ2n) is 8.38. The van der Waals surface area contributed by atoms with Crippen LogP contribution >= 0.6 is 0 Å². The molecule has 0 amide bonds. The Labute approximate surface area is 201 Å². The largest absolute Gasteiger partial charge is 0.467 e. The SMILES string of the molecule is COC(=O)[C@@H](N=C(c1ccccc1)c1ccccc1)[C@H](NS(=O)(=O)c1ccc(C)cc1)C(C)C. The van der Waals surface area contributed by atoms with E-state index in [1.165, 1.54) is 7.11 Å². The van der Waals surface area contributed by atoms with Gasteiger partial charge in [-0.1, -0.05) is 92.2 Å². The van der Waals surface area contributed by atoms with Crippen molar-refractivity contribution in [2.75, 3.05) is 7.11 Å². The van der Waals surface area contributed by atoms with E-state index in [2.05, 4.69) is 4.72 Å². The van der Waals surface area contributed by atoms with E-state index in [0.29, 0.717) is 5.71 Å². The number of methoxy groups -OCH3 is 1. The normalized spacial score (nSPS) is 13.2. The number of hydrogen-bond acceptors (Lipinski definition) is 5. The van der Waals surface area contributed by atoms with Crippen LogP contribution < -0.4 is 4.72 Å². The summed E-state index contributed by atoms with van der Waals surface area (Å²) in [7, 11) is -2.62. The van der Waals surface area contributed by atoms with E-state index < -0.39 is 28.1 Å². The van der Waals surface area contributed by atoms with Gasteiger partial charge in [0.1, 0.15) is 0 Å². The van der Waals surface area contributed by atoms with E-state index in [1.54, 1.807) is 24.3 Å². The highest BCUT2D eigenvalue weighted by molar-refractivity contribution is 7.89. The number of aryl methyl sites for hydroxylation is 1. The average molecular weight is 479 g/mol. The molecule has 2 atom stereocenters. The van der Waals surface area contributed by atoms with Gasteiger partial charge in [0.05, 0.1) is 23.8 Å². The first-order valence-electron chi connectivity index (χ1n) is 11.1. The molecule has 34 heavy (non-hydrogen) atoms. The summed E-state index contributed by atoms with van der Waals surface area (Å²) >= 11 is 0. The molecule has 3 aromatic rings. The molecule has 1 N–H and O–H groups in total. The van der Waals surface area contributed by atoms with Crippen LogP contribution in [0.2, 0.25) is 0 Å². The van der Waals surface area contributed by atoms with Crippen molar-refractivity contribution in [1.82, 2.24) is 4.72 Å². The Balaban J connectivity index is 2.10. The molecule has 0 saturated carbocycles. The highest BCUT2D eigenvalue weighted by Gasteiger charge is 2.35. The number of sulfonamides is 1. The molecular formula is C27H30N2O4S. The van der Waals surface area contributed by atoms with Gasteiger partial charge in [-0.3, -0.25) is 4.99 Å². The molecule has 0 bridgehead atoms. The third kappa shape index (κ3) is 6.18. The molecule has 0 radical (unpaired) electrons. The summed E-state index contributed by atoms with van der Waals surface area (Å²) in [6.07, 6.45) is 0.